The van der Waals surface area contributed by atoms with Crippen molar-refractivity contribution in [3.05, 3.63) is 34.9 Å². The van der Waals surface area contributed by atoms with Crippen molar-refractivity contribution < 1.29 is 20.1 Å². The van der Waals surface area contributed by atoms with Crippen LogP contribution in [0.2, 0.25) is 5.02 Å². The number of halogens is 1. The van der Waals surface area contributed by atoms with Crippen LogP contribution in [-0.4, -0.2) is 82.6 Å². The van der Waals surface area contributed by atoms with Gasteiger partial charge in [-0.05, 0) is 24.7 Å². The third-order valence-corrected chi connectivity index (χ3v) is 4.38. The van der Waals surface area contributed by atoms with Crippen molar-refractivity contribution in [3.8, 4) is 0 Å². The lowest BCUT2D eigenvalue weighted by Crippen LogP contribution is -2.51. The van der Waals surface area contributed by atoms with Gasteiger partial charge in [0.15, 0.2) is 0 Å². The summed E-state index contributed by atoms with van der Waals surface area (Å²) in [5.74, 6) is -0.146. The van der Waals surface area contributed by atoms with E-state index >= 15 is 0 Å². The maximum Gasteiger partial charge on any atom is 0.227 e. The number of benzene rings is 1. The van der Waals surface area contributed by atoms with E-state index < -0.39 is 11.7 Å². The SMILES string of the molecule is CN(CCO)C[C@]1(O)CN(C(=O)Cc2ccc(Cl)cc2)C[C@H]1O. The number of β-amino-alcohol motifs (C(OH)–C–C–N with tert-alkyl or cyclic N) is 2. The first-order chi connectivity index (χ1) is 10.8. The van der Waals surface area contributed by atoms with Gasteiger partial charge >= 0.3 is 0 Å². The molecule has 1 fully saturated rings. The fourth-order valence-electron chi connectivity index (χ4n) is 2.83. The Morgan fingerprint density at radius 1 is 1.43 bits per heavy atom. The minimum Gasteiger partial charge on any atom is -0.395 e. The van der Waals surface area contributed by atoms with Crippen LogP contribution in [0, 0.1) is 0 Å². The van der Waals surface area contributed by atoms with Gasteiger partial charge in [-0.25, -0.2) is 0 Å². The molecule has 0 spiro atoms. The lowest BCUT2D eigenvalue weighted by Gasteiger charge is -2.30. The van der Waals surface area contributed by atoms with Gasteiger partial charge in [-0.1, -0.05) is 23.7 Å². The van der Waals surface area contributed by atoms with Crippen LogP contribution in [0.15, 0.2) is 24.3 Å². The van der Waals surface area contributed by atoms with E-state index in [-0.39, 0.29) is 38.6 Å². The molecule has 1 aliphatic heterocycles. The number of aliphatic hydroxyl groups is 3. The van der Waals surface area contributed by atoms with Crippen molar-refractivity contribution in [2.75, 3.05) is 39.8 Å². The second-order valence-corrected chi connectivity index (χ2v) is 6.59. The van der Waals surface area contributed by atoms with Crippen molar-refractivity contribution in [3.63, 3.8) is 0 Å². The molecule has 0 radical (unpaired) electrons. The zero-order valence-corrected chi connectivity index (χ0v) is 13.9. The molecular formula is C16H23ClN2O4. The number of likely N-dealkylation sites (tertiary alicyclic amines) is 1. The highest BCUT2D eigenvalue weighted by Crippen LogP contribution is 2.24. The van der Waals surface area contributed by atoms with Gasteiger partial charge in [0.05, 0.1) is 19.6 Å². The van der Waals surface area contributed by atoms with Crippen LogP contribution in [0.1, 0.15) is 5.56 Å². The Morgan fingerprint density at radius 2 is 2.09 bits per heavy atom. The largest absolute Gasteiger partial charge is 0.395 e. The average molecular weight is 343 g/mol. The normalized spacial score (nSPS) is 24.4. The van der Waals surface area contributed by atoms with Gasteiger partial charge in [-0.15, -0.1) is 0 Å². The Bertz CT molecular complexity index is 539. The van der Waals surface area contributed by atoms with E-state index in [0.717, 1.165) is 5.56 Å². The van der Waals surface area contributed by atoms with Crippen LogP contribution < -0.4 is 0 Å². The highest BCUT2D eigenvalue weighted by molar-refractivity contribution is 6.30. The topological polar surface area (TPSA) is 84.2 Å². The van der Waals surface area contributed by atoms with Crippen LogP contribution >= 0.6 is 11.6 Å². The molecule has 128 valence electrons. The van der Waals surface area contributed by atoms with Gasteiger partial charge in [-0.2, -0.15) is 0 Å². The zero-order chi connectivity index (χ0) is 17.0. The summed E-state index contributed by atoms with van der Waals surface area (Å²) in [5, 5.41) is 30.3. The summed E-state index contributed by atoms with van der Waals surface area (Å²) in [4.78, 5) is 15.6. The molecule has 1 heterocycles. The lowest BCUT2D eigenvalue weighted by molar-refractivity contribution is -0.130. The first kappa shape index (κ1) is 18.2. The fourth-order valence-corrected chi connectivity index (χ4v) is 2.96. The Balaban J connectivity index is 1.96. The summed E-state index contributed by atoms with van der Waals surface area (Å²) < 4.78 is 0. The predicted molar refractivity (Wildman–Crippen MR) is 87.3 cm³/mol. The molecule has 1 aromatic carbocycles. The number of carbonyl (C=O) groups is 1. The molecule has 3 N–H and O–H groups in total. The van der Waals surface area contributed by atoms with E-state index in [1.807, 2.05) is 0 Å². The molecule has 1 amide bonds. The van der Waals surface area contributed by atoms with Crippen molar-refractivity contribution >= 4 is 17.5 Å². The maximum atomic E-state index is 12.4. The van der Waals surface area contributed by atoms with Gasteiger partial charge in [0.1, 0.15) is 11.7 Å². The molecule has 1 aromatic rings. The lowest BCUT2D eigenvalue weighted by atomic mass is 10.00. The van der Waals surface area contributed by atoms with Crippen LogP contribution in [0.3, 0.4) is 0 Å². The third kappa shape index (κ3) is 4.65. The van der Waals surface area contributed by atoms with Crippen molar-refractivity contribution in [2.45, 2.75) is 18.1 Å². The number of hydrogen-bond acceptors (Lipinski definition) is 5. The molecule has 6 nitrogen and oxygen atoms in total. The van der Waals surface area contributed by atoms with E-state index in [0.29, 0.717) is 11.6 Å². The summed E-state index contributed by atoms with van der Waals surface area (Å²) in [7, 11) is 1.75. The standard InChI is InChI=1S/C16H23ClN2O4/c1-18(6-7-20)10-16(23)11-19(9-14(16)21)15(22)8-12-2-4-13(17)5-3-12/h2-5,14,20-21,23H,6-11H2,1H3/t14-,16+/m1/s1. The number of carbonyl (C=O) groups excluding carboxylic acids is 1. The molecule has 23 heavy (non-hydrogen) atoms. The van der Waals surface area contributed by atoms with E-state index in [9.17, 15) is 15.0 Å². The molecule has 2 rings (SSSR count). The molecule has 1 saturated heterocycles. The monoisotopic (exact) mass is 342 g/mol. The smallest absolute Gasteiger partial charge is 0.227 e. The molecular weight excluding hydrogens is 320 g/mol. The van der Waals surface area contributed by atoms with Crippen LogP contribution in [0.5, 0.6) is 0 Å². The number of hydrogen-bond donors (Lipinski definition) is 3. The maximum absolute atomic E-state index is 12.4. The number of rotatable bonds is 6. The van der Waals surface area contributed by atoms with E-state index in [1.54, 1.807) is 36.2 Å². The first-order valence-corrected chi connectivity index (χ1v) is 7.94. The molecule has 0 aromatic heterocycles. The summed E-state index contributed by atoms with van der Waals surface area (Å²) in [6.45, 7) is 0.751. The molecule has 0 unspecified atom stereocenters. The summed E-state index contributed by atoms with van der Waals surface area (Å²) >= 11 is 5.82. The number of nitrogens with zero attached hydrogens (tertiary/aromatic N) is 2. The molecule has 1 aliphatic rings. The highest BCUT2D eigenvalue weighted by Gasteiger charge is 2.46. The number of likely N-dealkylation sites (N-methyl/N-ethyl adjacent to an activating group) is 1. The molecule has 2 atom stereocenters. The fraction of sp³-hybridized carbons (Fsp3) is 0.562. The predicted octanol–water partition coefficient (Wildman–Crippen LogP) is -0.259. The van der Waals surface area contributed by atoms with Gasteiger partial charge in [0.25, 0.3) is 0 Å². The van der Waals surface area contributed by atoms with Crippen LogP contribution in [-0.2, 0) is 11.2 Å². The number of aliphatic hydroxyl groups excluding tert-OH is 2. The molecule has 0 bridgehead atoms. The van der Waals surface area contributed by atoms with Gasteiger partial charge in [-0.3, -0.25) is 4.79 Å². The minimum atomic E-state index is -1.38. The summed E-state index contributed by atoms with van der Waals surface area (Å²) in [6, 6.07) is 7.02. The summed E-state index contributed by atoms with van der Waals surface area (Å²) in [5.41, 5.74) is -0.540. The van der Waals surface area contributed by atoms with E-state index in [2.05, 4.69) is 0 Å². The second kappa shape index (κ2) is 7.59. The quantitative estimate of drug-likeness (QED) is 0.663. The second-order valence-electron chi connectivity index (χ2n) is 6.16. The van der Waals surface area contributed by atoms with E-state index in [1.165, 1.54) is 4.90 Å². The van der Waals surface area contributed by atoms with Crippen molar-refractivity contribution in [1.82, 2.24) is 9.80 Å². The van der Waals surface area contributed by atoms with Crippen LogP contribution in [0.4, 0.5) is 0 Å². The third-order valence-electron chi connectivity index (χ3n) is 4.13. The minimum absolute atomic E-state index is 0.0259. The van der Waals surface area contributed by atoms with E-state index in [4.69, 9.17) is 16.7 Å². The van der Waals surface area contributed by atoms with Gasteiger partial charge in [0, 0.05) is 24.7 Å². The van der Waals surface area contributed by atoms with Gasteiger partial charge in [0.2, 0.25) is 5.91 Å². The van der Waals surface area contributed by atoms with Crippen LogP contribution in [0.25, 0.3) is 0 Å². The Morgan fingerprint density at radius 3 is 2.70 bits per heavy atom. The zero-order valence-electron chi connectivity index (χ0n) is 13.2. The first-order valence-electron chi connectivity index (χ1n) is 7.56. The highest BCUT2D eigenvalue weighted by atomic mass is 35.5. The van der Waals surface area contributed by atoms with Gasteiger partial charge < -0.3 is 25.1 Å². The Kier molecular flexibility index (Phi) is 6.00. The van der Waals surface area contributed by atoms with Crippen molar-refractivity contribution in [2.24, 2.45) is 0 Å². The summed E-state index contributed by atoms with van der Waals surface area (Å²) in [6.07, 6.45) is -0.801. The molecule has 7 heteroatoms. The molecule has 0 aliphatic carbocycles. The molecule has 0 saturated carbocycles. The van der Waals surface area contributed by atoms with Crippen molar-refractivity contribution in [1.29, 1.82) is 0 Å². The Labute approximate surface area is 140 Å². The number of amides is 1. The average Bonchev–Trinajstić information content (AvgIpc) is 2.77. The Hall–Kier alpha value is -1.18.